The molecule has 20 heavy (non-hydrogen) atoms. The fraction of sp³-hybridized carbons (Fsp3) is 0.538. The lowest BCUT2D eigenvalue weighted by atomic mass is 9.87. The molecule has 1 aromatic carbocycles. The predicted octanol–water partition coefficient (Wildman–Crippen LogP) is 3.77. The second-order valence-electron chi connectivity index (χ2n) is 4.71. The Morgan fingerprint density at radius 3 is 2.55 bits per heavy atom. The fourth-order valence-electron chi connectivity index (χ4n) is 2.33. The van der Waals surface area contributed by atoms with Crippen molar-refractivity contribution in [2.24, 2.45) is 11.7 Å². The molecule has 0 radical (unpaired) electrons. The number of nitrogens with two attached hydrogens (primary N) is 1. The van der Waals surface area contributed by atoms with Crippen molar-refractivity contribution in [2.45, 2.75) is 25.2 Å². The van der Waals surface area contributed by atoms with Crippen LogP contribution in [0.25, 0.3) is 0 Å². The summed E-state index contributed by atoms with van der Waals surface area (Å²) in [6.45, 7) is 1.17. The number of rotatable bonds is 3. The second-order valence-corrected chi connectivity index (χ2v) is 5.62. The Kier molecular flexibility index (Phi) is 4.93. The average molecular weight is 354 g/mol. The van der Waals surface area contributed by atoms with Gasteiger partial charge in [-0.3, -0.25) is 0 Å². The molecule has 1 aliphatic rings. The van der Waals surface area contributed by atoms with Crippen LogP contribution in [0, 0.1) is 5.92 Å². The van der Waals surface area contributed by atoms with E-state index >= 15 is 0 Å². The first-order valence-corrected chi connectivity index (χ1v) is 7.04. The maximum absolute atomic E-state index is 12.4. The molecule has 2 N–H and O–H groups in total. The minimum atomic E-state index is -4.72. The lowest BCUT2D eigenvalue weighted by molar-refractivity contribution is -0.275. The zero-order valence-electron chi connectivity index (χ0n) is 10.6. The van der Waals surface area contributed by atoms with Crippen LogP contribution in [0.3, 0.4) is 0 Å². The largest absolute Gasteiger partial charge is 0.573 e. The van der Waals surface area contributed by atoms with E-state index in [0.29, 0.717) is 23.2 Å². The summed E-state index contributed by atoms with van der Waals surface area (Å²) in [5.41, 5.74) is 6.50. The number of alkyl halides is 3. The van der Waals surface area contributed by atoms with Crippen LogP contribution < -0.4 is 10.5 Å². The van der Waals surface area contributed by atoms with Gasteiger partial charge >= 0.3 is 6.36 Å². The molecule has 112 valence electrons. The summed E-state index contributed by atoms with van der Waals surface area (Å²) in [5, 5.41) is 0. The van der Waals surface area contributed by atoms with Crippen LogP contribution >= 0.6 is 15.9 Å². The molecule has 0 spiro atoms. The summed E-state index contributed by atoms with van der Waals surface area (Å²) < 4.78 is 47.3. The Hall–Kier alpha value is -0.790. The second kappa shape index (κ2) is 6.32. The van der Waals surface area contributed by atoms with E-state index in [1.807, 2.05) is 0 Å². The maximum atomic E-state index is 12.4. The molecule has 0 unspecified atom stereocenters. The fourth-order valence-corrected chi connectivity index (χ4v) is 2.71. The number of hydrogen-bond acceptors (Lipinski definition) is 3. The molecule has 1 aromatic rings. The molecule has 3 nitrogen and oxygen atoms in total. The topological polar surface area (TPSA) is 44.5 Å². The third kappa shape index (κ3) is 4.10. The molecule has 1 heterocycles. The van der Waals surface area contributed by atoms with Gasteiger partial charge in [-0.2, -0.15) is 0 Å². The molecule has 0 aliphatic carbocycles. The van der Waals surface area contributed by atoms with Crippen LogP contribution in [0.1, 0.15) is 24.4 Å². The number of halogens is 4. The smallest absolute Gasteiger partial charge is 0.405 e. The average Bonchev–Trinajstić information content (AvgIpc) is 2.39. The van der Waals surface area contributed by atoms with Crippen molar-refractivity contribution in [3.8, 4) is 5.75 Å². The van der Waals surface area contributed by atoms with Crippen molar-refractivity contribution in [1.29, 1.82) is 0 Å². The summed E-state index contributed by atoms with van der Waals surface area (Å²) >= 11 is 3.25. The predicted molar refractivity (Wildman–Crippen MR) is 71.3 cm³/mol. The highest BCUT2D eigenvalue weighted by molar-refractivity contribution is 9.10. The summed E-state index contributed by atoms with van der Waals surface area (Å²) in [4.78, 5) is 0. The van der Waals surface area contributed by atoms with Gasteiger partial charge < -0.3 is 15.2 Å². The first kappa shape index (κ1) is 15.6. The van der Waals surface area contributed by atoms with Gasteiger partial charge in [0.25, 0.3) is 0 Å². The monoisotopic (exact) mass is 353 g/mol. The number of benzene rings is 1. The van der Waals surface area contributed by atoms with Crippen LogP contribution in [0.2, 0.25) is 0 Å². The Balaban J connectivity index is 2.25. The summed E-state index contributed by atoms with van der Waals surface area (Å²) in [7, 11) is 0. The van der Waals surface area contributed by atoms with Crippen LogP contribution in [0.5, 0.6) is 5.75 Å². The molecular weight excluding hydrogens is 339 g/mol. The molecule has 0 bridgehead atoms. The number of hydrogen-bond donors (Lipinski definition) is 1. The van der Waals surface area contributed by atoms with Crippen molar-refractivity contribution < 1.29 is 22.6 Å². The zero-order chi connectivity index (χ0) is 14.8. The first-order chi connectivity index (χ1) is 9.37. The normalized spacial score (nSPS) is 18.9. The van der Waals surface area contributed by atoms with Gasteiger partial charge in [-0.25, -0.2) is 0 Å². The van der Waals surface area contributed by atoms with E-state index in [1.54, 1.807) is 6.07 Å². The molecule has 1 aliphatic heterocycles. The Bertz CT molecular complexity index is 461. The Morgan fingerprint density at radius 2 is 1.95 bits per heavy atom. The van der Waals surface area contributed by atoms with Crippen LogP contribution in [-0.4, -0.2) is 19.6 Å². The van der Waals surface area contributed by atoms with Gasteiger partial charge in [-0.15, -0.1) is 13.2 Å². The molecule has 0 amide bonds. The Labute approximate surface area is 123 Å². The molecule has 0 saturated carbocycles. The van der Waals surface area contributed by atoms with E-state index in [9.17, 15) is 13.2 Å². The molecule has 0 aromatic heterocycles. The SMILES string of the molecule is N[C@H](c1cc(Br)ccc1OC(F)(F)F)C1CCOCC1. The van der Waals surface area contributed by atoms with Crippen LogP contribution in [0.15, 0.2) is 22.7 Å². The lowest BCUT2D eigenvalue weighted by Crippen LogP contribution is -2.28. The lowest BCUT2D eigenvalue weighted by Gasteiger charge is -2.29. The molecule has 7 heteroatoms. The van der Waals surface area contributed by atoms with E-state index in [0.717, 1.165) is 12.8 Å². The summed E-state index contributed by atoms with van der Waals surface area (Å²) in [6, 6.07) is 3.86. The molecule has 2 rings (SSSR count). The van der Waals surface area contributed by atoms with Gasteiger partial charge in [-0.1, -0.05) is 15.9 Å². The summed E-state index contributed by atoms with van der Waals surface area (Å²) in [5.74, 6) is -0.145. The maximum Gasteiger partial charge on any atom is 0.573 e. The number of ether oxygens (including phenoxy) is 2. The van der Waals surface area contributed by atoms with Crippen molar-refractivity contribution in [1.82, 2.24) is 0 Å². The first-order valence-electron chi connectivity index (χ1n) is 6.25. The van der Waals surface area contributed by atoms with Gasteiger partial charge in [0, 0.05) is 29.3 Å². The van der Waals surface area contributed by atoms with Gasteiger partial charge in [0.15, 0.2) is 0 Å². The van der Waals surface area contributed by atoms with Crippen LogP contribution in [0.4, 0.5) is 13.2 Å². The van der Waals surface area contributed by atoms with E-state index in [-0.39, 0.29) is 11.7 Å². The molecule has 1 fully saturated rings. The molecular formula is C13H15BrF3NO2. The minimum Gasteiger partial charge on any atom is -0.405 e. The highest BCUT2D eigenvalue weighted by atomic mass is 79.9. The van der Waals surface area contributed by atoms with Crippen molar-refractivity contribution in [3.05, 3.63) is 28.2 Å². The molecule has 1 saturated heterocycles. The Morgan fingerprint density at radius 1 is 1.30 bits per heavy atom. The van der Waals surface area contributed by atoms with E-state index in [2.05, 4.69) is 20.7 Å². The third-order valence-electron chi connectivity index (χ3n) is 3.33. The minimum absolute atomic E-state index is 0.0913. The van der Waals surface area contributed by atoms with Crippen molar-refractivity contribution in [3.63, 3.8) is 0 Å². The van der Waals surface area contributed by atoms with Gasteiger partial charge in [0.2, 0.25) is 0 Å². The van der Waals surface area contributed by atoms with Gasteiger partial charge in [0.1, 0.15) is 5.75 Å². The van der Waals surface area contributed by atoms with Gasteiger partial charge in [0.05, 0.1) is 0 Å². The van der Waals surface area contributed by atoms with Gasteiger partial charge in [-0.05, 0) is 37.0 Å². The highest BCUT2D eigenvalue weighted by Crippen LogP contribution is 2.37. The quantitative estimate of drug-likeness (QED) is 0.899. The highest BCUT2D eigenvalue weighted by Gasteiger charge is 2.34. The molecule has 1 atom stereocenters. The zero-order valence-corrected chi connectivity index (χ0v) is 12.2. The van der Waals surface area contributed by atoms with E-state index < -0.39 is 12.4 Å². The van der Waals surface area contributed by atoms with Crippen LogP contribution in [-0.2, 0) is 4.74 Å². The summed E-state index contributed by atoms with van der Waals surface area (Å²) in [6.07, 6.45) is -3.25. The van der Waals surface area contributed by atoms with E-state index in [4.69, 9.17) is 10.5 Å². The van der Waals surface area contributed by atoms with E-state index in [1.165, 1.54) is 12.1 Å². The third-order valence-corrected chi connectivity index (χ3v) is 3.82. The van der Waals surface area contributed by atoms with Crippen molar-refractivity contribution in [2.75, 3.05) is 13.2 Å². The van der Waals surface area contributed by atoms with Crippen molar-refractivity contribution >= 4 is 15.9 Å². The standard InChI is InChI=1S/C13H15BrF3NO2/c14-9-1-2-11(20-13(15,16)17)10(7-9)12(18)8-3-5-19-6-4-8/h1-2,7-8,12H,3-6,18H2/t12-/m0/s1.